The zero-order chi connectivity index (χ0) is 29.4. The second-order valence-corrected chi connectivity index (χ2v) is 12.0. The number of carbonyl (C=O) groups is 2. The topological polar surface area (TPSA) is 96.0 Å². The standard InChI is InChI=1S/C31H39N3O5S/c1-7-27(31(36)32-22(2)3)33(20-25-12-10-11-24(5)19-25)30(35)21-34(28-13-8-9-14-29(28)39-6)40(37,38)26-17-15-23(4)16-18-26/h8-19,22,27H,7,20-21H2,1-6H3,(H,32,36). The number of aryl methyl sites for hydroxylation is 2. The summed E-state index contributed by atoms with van der Waals surface area (Å²) in [6, 6.07) is 19.9. The molecule has 1 unspecified atom stereocenters. The molecule has 3 aromatic rings. The molecule has 0 bridgehead atoms. The summed E-state index contributed by atoms with van der Waals surface area (Å²) in [7, 11) is -2.73. The van der Waals surface area contributed by atoms with Crippen LogP contribution < -0.4 is 14.4 Å². The van der Waals surface area contributed by atoms with Gasteiger partial charge in [-0.2, -0.15) is 0 Å². The van der Waals surface area contributed by atoms with E-state index in [1.165, 1.54) is 24.1 Å². The van der Waals surface area contributed by atoms with Crippen molar-refractivity contribution in [2.45, 2.75) is 64.6 Å². The quantitative estimate of drug-likeness (QED) is 0.339. The van der Waals surface area contributed by atoms with Crippen LogP contribution in [0.25, 0.3) is 0 Å². The number of hydrogen-bond donors (Lipinski definition) is 1. The molecule has 0 spiro atoms. The predicted octanol–water partition coefficient (Wildman–Crippen LogP) is 4.84. The fraction of sp³-hybridized carbons (Fsp3) is 0.355. The summed E-state index contributed by atoms with van der Waals surface area (Å²) in [6.45, 7) is 9.00. The zero-order valence-electron chi connectivity index (χ0n) is 24.0. The third-order valence-corrected chi connectivity index (χ3v) is 8.27. The number of rotatable bonds is 12. The molecule has 1 atom stereocenters. The number of benzene rings is 3. The third kappa shape index (κ3) is 7.41. The van der Waals surface area contributed by atoms with Gasteiger partial charge in [-0.05, 0) is 63.9 Å². The Balaban J connectivity index is 2.10. The van der Waals surface area contributed by atoms with Crippen molar-refractivity contribution in [1.29, 1.82) is 0 Å². The van der Waals surface area contributed by atoms with Gasteiger partial charge in [0.25, 0.3) is 10.0 Å². The minimum Gasteiger partial charge on any atom is -0.495 e. The number of nitrogens with one attached hydrogen (secondary N) is 1. The van der Waals surface area contributed by atoms with Crippen LogP contribution >= 0.6 is 0 Å². The Morgan fingerprint density at radius 1 is 0.925 bits per heavy atom. The minimum atomic E-state index is -4.18. The van der Waals surface area contributed by atoms with Crippen molar-refractivity contribution in [2.75, 3.05) is 18.0 Å². The van der Waals surface area contributed by atoms with Crippen LogP contribution in [0, 0.1) is 13.8 Å². The van der Waals surface area contributed by atoms with Crippen LogP contribution in [0.1, 0.15) is 43.9 Å². The molecule has 0 heterocycles. The third-order valence-electron chi connectivity index (χ3n) is 6.49. The number of anilines is 1. The van der Waals surface area contributed by atoms with Gasteiger partial charge in [-0.1, -0.05) is 66.6 Å². The van der Waals surface area contributed by atoms with Crippen molar-refractivity contribution in [3.05, 3.63) is 89.5 Å². The van der Waals surface area contributed by atoms with E-state index in [9.17, 15) is 18.0 Å². The highest BCUT2D eigenvalue weighted by Gasteiger charge is 2.34. The maximum absolute atomic E-state index is 14.1. The number of para-hydroxylation sites is 2. The van der Waals surface area contributed by atoms with E-state index in [1.807, 2.05) is 58.9 Å². The van der Waals surface area contributed by atoms with Crippen LogP contribution in [0.4, 0.5) is 5.69 Å². The molecular formula is C31H39N3O5S. The molecule has 0 fully saturated rings. The molecule has 0 aliphatic carbocycles. The van der Waals surface area contributed by atoms with Crippen molar-refractivity contribution < 1.29 is 22.7 Å². The molecule has 0 saturated carbocycles. The number of hydrogen-bond acceptors (Lipinski definition) is 5. The minimum absolute atomic E-state index is 0.0478. The second-order valence-electron chi connectivity index (χ2n) is 10.1. The maximum Gasteiger partial charge on any atom is 0.264 e. The van der Waals surface area contributed by atoms with E-state index < -0.39 is 28.5 Å². The molecule has 1 N–H and O–H groups in total. The average molecular weight is 566 g/mol. The largest absolute Gasteiger partial charge is 0.495 e. The smallest absolute Gasteiger partial charge is 0.264 e. The predicted molar refractivity (Wildman–Crippen MR) is 158 cm³/mol. The fourth-order valence-electron chi connectivity index (χ4n) is 4.49. The molecular weight excluding hydrogens is 526 g/mol. The van der Waals surface area contributed by atoms with Gasteiger partial charge in [-0.15, -0.1) is 0 Å². The molecule has 8 nitrogen and oxygen atoms in total. The molecule has 3 rings (SSSR count). The van der Waals surface area contributed by atoms with Gasteiger partial charge in [-0.3, -0.25) is 13.9 Å². The van der Waals surface area contributed by atoms with Crippen molar-refractivity contribution in [2.24, 2.45) is 0 Å². The molecule has 0 aromatic heterocycles. The van der Waals surface area contributed by atoms with Gasteiger partial charge in [0.2, 0.25) is 11.8 Å². The first kappa shape index (κ1) is 30.7. The van der Waals surface area contributed by atoms with E-state index in [1.54, 1.807) is 36.4 Å². The van der Waals surface area contributed by atoms with Gasteiger partial charge in [0.1, 0.15) is 18.3 Å². The van der Waals surface area contributed by atoms with E-state index in [2.05, 4.69) is 5.32 Å². The summed E-state index contributed by atoms with van der Waals surface area (Å²) in [6.07, 6.45) is 0.357. The molecule has 0 aliphatic rings. The monoisotopic (exact) mass is 565 g/mol. The molecule has 0 radical (unpaired) electrons. The highest BCUT2D eigenvalue weighted by Crippen LogP contribution is 2.32. The molecule has 40 heavy (non-hydrogen) atoms. The Kier molecular flexibility index (Phi) is 10.3. The van der Waals surface area contributed by atoms with E-state index >= 15 is 0 Å². The van der Waals surface area contributed by atoms with Crippen molar-refractivity contribution >= 4 is 27.5 Å². The number of sulfonamides is 1. The highest BCUT2D eigenvalue weighted by molar-refractivity contribution is 7.92. The van der Waals surface area contributed by atoms with Gasteiger partial charge in [-0.25, -0.2) is 8.42 Å². The lowest BCUT2D eigenvalue weighted by atomic mass is 10.1. The summed E-state index contributed by atoms with van der Waals surface area (Å²) in [4.78, 5) is 28.9. The normalized spacial score (nSPS) is 12.1. The lowest BCUT2D eigenvalue weighted by Gasteiger charge is -2.34. The molecule has 214 valence electrons. The van der Waals surface area contributed by atoms with Crippen molar-refractivity contribution in [3.63, 3.8) is 0 Å². The van der Waals surface area contributed by atoms with Gasteiger partial charge >= 0.3 is 0 Å². The van der Waals surface area contributed by atoms with Crippen LogP contribution in [0.2, 0.25) is 0 Å². The molecule has 0 aliphatic heterocycles. The number of methoxy groups -OCH3 is 1. The summed E-state index contributed by atoms with van der Waals surface area (Å²) in [5.74, 6) is -0.488. The Labute approximate surface area is 238 Å². The summed E-state index contributed by atoms with van der Waals surface area (Å²) in [5.41, 5.74) is 3.00. The molecule has 0 saturated heterocycles. The number of amides is 2. The number of carbonyl (C=O) groups excluding carboxylic acids is 2. The Bertz CT molecular complexity index is 1420. The van der Waals surface area contributed by atoms with Crippen molar-refractivity contribution in [1.82, 2.24) is 10.2 Å². The van der Waals surface area contributed by atoms with Crippen LogP contribution in [0.15, 0.2) is 77.7 Å². The van der Waals surface area contributed by atoms with Crippen molar-refractivity contribution in [3.8, 4) is 5.75 Å². The summed E-state index contributed by atoms with van der Waals surface area (Å²) < 4.78 is 34.6. The lowest BCUT2D eigenvalue weighted by Crippen LogP contribution is -2.53. The Morgan fingerprint density at radius 3 is 2.20 bits per heavy atom. The van der Waals surface area contributed by atoms with Gasteiger partial charge in [0.05, 0.1) is 17.7 Å². The van der Waals surface area contributed by atoms with Crippen LogP contribution in [-0.2, 0) is 26.2 Å². The van der Waals surface area contributed by atoms with E-state index in [0.717, 1.165) is 21.0 Å². The maximum atomic E-state index is 14.1. The van der Waals surface area contributed by atoms with E-state index in [4.69, 9.17) is 4.74 Å². The molecule has 9 heteroatoms. The zero-order valence-corrected chi connectivity index (χ0v) is 24.9. The van der Waals surface area contributed by atoms with Crippen LogP contribution in [0.3, 0.4) is 0 Å². The average Bonchev–Trinajstić information content (AvgIpc) is 2.91. The summed E-state index contributed by atoms with van der Waals surface area (Å²) >= 11 is 0. The van der Waals surface area contributed by atoms with Gasteiger partial charge in [0.15, 0.2) is 0 Å². The molecule has 2 amide bonds. The van der Waals surface area contributed by atoms with E-state index in [-0.39, 0.29) is 29.1 Å². The first-order valence-electron chi connectivity index (χ1n) is 13.4. The van der Waals surface area contributed by atoms with Crippen LogP contribution in [-0.4, -0.2) is 50.9 Å². The van der Waals surface area contributed by atoms with E-state index in [0.29, 0.717) is 12.2 Å². The second kappa shape index (κ2) is 13.5. The van der Waals surface area contributed by atoms with Crippen LogP contribution in [0.5, 0.6) is 5.75 Å². The SMILES string of the molecule is CCC(C(=O)NC(C)C)N(Cc1cccc(C)c1)C(=O)CN(c1ccccc1OC)S(=O)(=O)c1ccc(C)cc1. The van der Waals surface area contributed by atoms with Gasteiger partial charge in [0, 0.05) is 12.6 Å². The first-order valence-corrected chi connectivity index (χ1v) is 14.8. The Morgan fingerprint density at radius 2 is 1.60 bits per heavy atom. The number of ether oxygens (including phenoxy) is 1. The highest BCUT2D eigenvalue weighted by atomic mass is 32.2. The Hall–Kier alpha value is -3.85. The summed E-state index contributed by atoms with van der Waals surface area (Å²) in [5, 5.41) is 2.91. The number of nitrogens with zero attached hydrogens (tertiary/aromatic N) is 2. The lowest BCUT2D eigenvalue weighted by molar-refractivity contribution is -0.140. The van der Waals surface area contributed by atoms with Gasteiger partial charge < -0.3 is 15.0 Å². The first-order chi connectivity index (χ1) is 19.0. The fourth-order valence-corrected chi connectivity index (χ4v) is 5.92. The molecule has 3 aromatic carbocycles.